The zero-order valence-corrected chi connectivity index (χ0v) is 20.3. The van der Waals surface area contributed by atoms with Crippen LogP contribution in [-0.2, 0) is 11.2 Å². The molecule has 1 aliphatic carbocycles. The first kappa shape index (κ1) is 22.6. The van der Waals surface area contributed by atoms with E-state index in [1.807, 2.05) is 11.0 Å². The molecule has 36 heavy (non-hydrogen) atoms. The van der Waals surface area contributed by atoms with Gasteiger partial charge in [0.05, 0.1) is 11.7 Å². The lowest BCUT2D eigenvalue weighted by atomic mass is 10.0. The number of benzene rings is 1. The maximum absolute atomic E-state index is 15.2. The molecule has 0 radical (unpaired) electrons. The fraction of sp³-hybridized carbons (Fsp3) is 0.259. The molecule has 0 saturated heterocycles. The van der Waals surface area contributed by atoms with Crippen LogP contribution < -0.4 is 0 Å². The normalized spacial score (nSPS) is 17.6. The molecule has 1 fully saturated rings. The van der Waals surface area contributed by atoms with E-state index in [4.69, 9.17) is 5.11 Å². The zero-order valence-electron chi connectivity index (χ0n) is 19.5. The molecule has 0 spiro atoms. The lowest BCUT2D eigenvalue weighted by Gasteiger charge is -2.33. The molecule has 9 heteroatoms. The Morgan fingerprint density at radius 2 is 2.06 bits per heavy atom. The van der Waals surface area contributed by atoms with Crippen LogP contribution in [0.15, 0.2) is 47.9 Å². The summed E-state index contributed by atoms with van der Waals surface area (Å²) in [5.41, 5.74) is 3.75. The van der Waals surface area contributed by atoms with Gasteiger partial charge >= 0.3 is 5.97 Å². The number of thiophene rings is 1. The summed E-state index contributed by atoms with van der Waals surface area (Å²) in [6.45, 7) is 2.69. The Bertz CT molecular complexity index is 1550. The van der Waals surface area contributed by atoms with Crippen LogP contribution in [0.3, 0.4) is 0 Å². The number of nitrogens with zero attached hydrogens (tertiary/aromatic N) is 4. The lowest BCUT2D eigenvalue weighted by molar-refractivity contribution is -0.131. The Labute approximate surface area is 210 Å². The van der Waals surface area contributed by atoms with Crippen molar-refractivity contribution >= 4 is 34.9 Å². The summed E-state index contributed by atoms with van der Waals surface area (Å²) in [5.74, 6) is -1.54. The number of hydrogen-bond acceptors (Lipinski definition) is 5. The van der Waals surface area contributed by atoms with E-state index in [0.29, 0.717) is 23.6 Å². The summed E-state index contributed by atoms with van der Waals surface area (Å²) >= 11 is 1.73. The van der Waals surface area contributed by atoms with Crippen molar-refractivity contribution in [1.29, 1.82) is 0 Å². The van der Waals surface area contributed by atoms with E-state index < -0.39 is 11.8 Å². The van der Waals surface area contributed by atoms with Gasteiger partial charge in [-0.15, -0.1) is 11.3 Å². The van der Waals surface area contributed by atoms with Crippen LogP contribution in [0.25, 0.3) is 23.0 Å². The minimum Gasteiger partial charge on any atom is -0.478 e. The fourth-order valence-electron chi connectivity index (χ4n) is 4.88. The second-order valence-corrected chi connectivity index (χ2v) is 10.2. The molecule has 0 unspecified atom stereocenters. The van der Waals surface area contributed by atoms with Gasteiger partial charge in [0.25, 0.3) is 5.91 Å². The van der Waals surface area contributed by atoms with Crippen LogP contribution in [0.2, 0.25) is 0 Å². The number of carbonyl (C=O) groups excluding carboxylic acids is 1. The molecule has 1 atom stereocenters. The SMILES string of the molecule is C[C@@H]1c2ccsc2CCN1C(=O)c1cc(C2CC2)n2nc(-c3cccc(/C=C/C(=O)O)c3F)cc2n1. The first-order valence-electron chi connectivity index (χ1n) is 11.9. The average molecular weight is 503 g/mol. The number of amides is 1. The van der Waals surface area contributed by atoms with Crippen molar-refractivity contribution in [3.8, 4) is 11.3 Å². The minimum atomic E-state index is -1.15. The van der Waals surface area contributed by atoms with Crippen molar-refractivity contribution in [3.05, 3.63) is 81.1 Å². The average Bonchev–Trinajstić information content (AvgIpc) is 3.43. The van der Waals surface area contributed by atoms with Gasteiger partial charge in [-0.05, 0) is 61.4 Å². The van der Waals surface area contributed by atoms with Gasteiger partial charge in [-0.2, -0.15) is 5.10 Å². The van der Waals surface area contributed by atoms with E-state index in [0.717, 1.165) is 31.0 Å². The maximum Gasteiger partial charge on any atom is 0.328 e. The molecule has 1 aromatic carbocycles. The predicted octanol–water partition coefficient (Wildman–Crippen LogP) is 5.33. The van der Waals surface area contributed by atoms with Crippen molar-refractivity contribution in [2.45, 2.75) is 38.1 Å². The molecule has 1 N–H and O–H groups in total. The quantitative estimate of drug-likeness (QED) is 0.373. The summed E-state index contributed by atoms with van der Waals surface area (Å²) in [4.78, 5) is 32.3. The number of carboxylic acids is 1. The first-order valence-corrected chi connectivity index (χ1v) is 12.8. The number of halogens is 1. The fourth-order valence-corrected chi connectivity index (χ4v) is 5.84. The van der Waals surface area contributed by atoms with Gasteiger partial charge in [-0.1, -0.05) is 12.1 Å². The van der Waals surface area contributed by atoms with E-state index in [9.17, 15) is 9.59 Å². The lowest BCUT2D eigenvalue weighted by Crippen LogP contribution is -2.38. The number of carbonyl (C=O) groups is 2. The molecular formula is C27H23FN4O3S. The van der Waals surface area contributed by atoms with E-state index in [-0.39, 0.29) is 29.0 Å². The Morgan fingerprint density at radius 1 is 1.22 bits per heavy atom. The van der Waals surface area contributed by atoms with E-state index >= 15 is 4.39 Å². The molecule has 1 amide bonds. The second-order valence-electron chi connectivity index (χ2n) is 9.24. The molecule has 1 saturated carbocycles. The van der Waals surface area contributed by atoms with Gasteiger partial charge in [-0.3, -0.25) is 4.79 Å². The molecule has 3 aromatic heterocycles. The van der Waals surface area contributed by atoms with Crippen LogP contribution in [-0.4, -0.2) is 43.0 Å². The Hall–Kier alpha value is -3.85. The summed E-state index contributed by atoms with van der Waals surface area (Å²) < 4.78 is 16.9. The number of carboxylic acid groups (broad SMARTS) is 1. The third kappa shape index (κ3) is 3.89. The van der Waals surface area contributed by atoms with Gasteiger partial charge in [0.15, 0.2) is 5.65 Å². The van der Waals surface area contributed by atoms with Gasteiger partial charge in [0.1, 0.15) is 11.5 Å². The highest BCUT2D eigenvalue weighted by molar-refractivity contribution is 7.10. The largest absolute Gasteiger partial charge is 0.478 e. The number of fused-ring (bicyclic) bond motifs is 2. The summed E-state index contributed by atoms with van der Waals surface area (Å²) in [6, 6.07) is 10.4. The van der Waals surface area contributed by atoms with E-state index in [2.05, 4.69) is 28.5 Å². The predicted molar refractivity (Wildman–Crippen MR) is 135 cm³/mol. The van der Waals surface area contributed by atoms with Crippen LogP contribution in [0.4, 0.5) is 4.39 Å². The highest BCUT2D eigenvalue weighted by Crippen LogP contribution is 2.41. The molecule has 1 aliphatic heterocycles. The third-order valence-electron chi connectivity index (χ3n) is 6.92. The number of rotatable bonds is 5. The molecule has 6 rings (SSSR count). The molecule has 7 nitrogen and oxygen atoms in total. The van der Waals surface area contributed by atoms with Gasteiger partial charge in [0.2, 0.25) is 0 Å². The maximum atomic E-state index is 15.2. The van der Waals surface area contributed by atoms with Gasteiger partial charge < -0.3 is 10.0 Å². The summed E-state index contributed by atoms with van der Waals surface area (Å²) in [6.07, 6.45) is 4.97. The number of aromatic nitrogens is 3. The Balaban J connectivity index is 1.40. The molecule has 182 valence electrons. The molecule has 4 heterocycles. The zero-order chi connectivity index (χ0) is 25.0. The summed E-state index contributed by atoms with van der Waals surface area (Å²) in [7, 11) is 0. The first-order chi connectivity index (χ1) is 17.4. The molecule has 0 bridgehead atoms. The smallest absolute Gasteiger partial charge is 0.328 e. The summed E-state index contributed by atoms with van der Waals surface area (Å²) in [5, 5.41) is 15.6. The van der Waals surface area contributed by atoms with Gasteiger partial charge in [-0.25, -0.2) is 18.7 Å². The van der Waals surface area contributed by atoms with Crippen molar-refractivity contribution in [2.24, 2.45) is 0 Å². The molecule has 2 aliphatic rings. The van der Waals surface area contributed by atoms with Crippen LogP contribution in [0.5, 0.6) is 0 Å². The molecule has 4 aromatic rings. The van der Waals surface area contributed by atoms with Crippen LogP contribution in [0.1, 0.15) is 63.9 Å². The highest BCUT2D eigenvalue weighted by atomic mass is 32.1. The van der Waals surface area contributed by atoms with Crippen molar-refractivity contribution in [2.75, 3.05) is 6.54 Å². The van der Waals surface area contributed by atoms with E-state index in [1.54, 1.807) is 34.1 Å². The van der Waals surface area contributed by atoms with Crippen molar-refractivity contribution in [1.82, 2.24) is 19.5 Å². The number of aliphatic carboxylic acids is 1. The topological polar surface area (TPSA) is 87.8 Å². The standard InChI is InChI=1S/C27H23FN4O3S/c1-15-18-10-12-36-23(18)9-11-31(15)27(35)21-13-22(16-5-6-16)32-24(29-21)14-20(30-32)19-4-2-3-17(26(19)28)7-8-25(33)34/h2-4,7-8,10,12-16H,5-6,9,11H2,1H3,(H,33,34)/b8-7+/t15-/m1/s1. The highest BCUT2D eigenvalue weighted by Gasteiger charge is 2.33. The molecular weight excluding hydrogens is 479 g/mol. The third-order valence-corrected chi connectivity index (χ3v) is 7.91. The second kappa shape index (κ2) is 8.67. The number of hydrogen-bond donors (Lipinski definition) is 1. The van der Waals surface area contributed by atoms with Crippen molar-refractivity contribution < 1.29 is 19.1 Å². The minimum absolute atomic E-state index is 0.0222. The van der Waals surface area contributed by atoms with Crippen LogP contribution >= 0.6 is 11.3 Å². The van der Waals surface area contributed by atoms with Gasteiger partial charge in [0, 0.05) is 46.3 Å². The van der Waals surface area contributed by atoms with Crippen LogP contribution in [0, 0.1) is 5.82 Å². The monoisotopic (exact) mass is 502 g/mol. The Kier molecular flexibility index (Phi) is 5.44. The van der Waals surface area contributed by atoms with Crippen molar-refractivity contribution in [3.63, 3.8) is 0 Å². The Morgan fingerprint density at radius 3 is 2.83 bits per heavy atom. The van der Waals surface area contributed by atoms with E-state index in [1.165, 1.54) is 22.6 Å².